The number of aliphatic hydroxyl groups excluding tert-OH is 1. The number of nitrogens with zero attached hydrogens (tertiary/aromatic N) is 4. The number of para-hydroxylation sites is 1. The van der Waals surface area contributed by atoms with E-state index >= 15 is 0 Å². The number of benzene rings is 2. The first-order valence-corrected chi connectivity index (χ1v) is 13.1. The number of aromatic nitrogens is 2. The van der Waals surface area contributed by atoms with Crippen molar-refractivity contribution in [1.29, 1.82) is 0 Å². The van der Waals surface area contributed by atoms with Crippen molar-refractivity contribution in [2.24, 2.45) is 5.92 Å². The molecule has 2 aromatic carbocycles. The number of likely N-dealkylation sites (N-methyl/N-ethyl adjacent to an activating group) is 1. The van der Waals surface area contributed by atoms with Crippen molar-refractivity contribution >= 4 is 17.5 Å². The molecule has 0 spiro atoms. The molecule has 41 heavy (non-hydrogen) atoms. The Labute approximate surface area is 236 Å². The molecule has 2 N–H and O–H groups in total. The van der Waals surface area contributed by atoms with Crippen LogP contribution in [0.25, 0.3) is 0 Å². The molecule has 3 aromatic rings. The molecular weight excluding hydrogens is 539 g/mol. The van der Waals surface area contributed by atoms with Crippen molar-refractivity contribution in [3.05, 3.63) is 83.4 Å². The first kappa shape index (κ1) is 29.9. The van der Waals surface area contributed by atoms with Gasteiger partial charge in [-0.15, -0.1) is 0 Å². The number of halogens is 3. The van der Waals surface area contributed by atoms with Gasteiger partial charge in [-0.05, 0) is 43.8 Å². The number of alkyl halides is 3. The SMILES string of the molecule is C[C@@H]1CN([C@H](C)CO)C(=O)c2cccc(NC(=O)c3cnccn3)c2O[C@H]1CN(C)Cc1ccc(C(F)(F)F)cc1. The van der Waals surface area contributed by atoms with E-state index in [1.807, 2.05) is 18.9 Å². The van der Waals surface area contributed by atoms with Crippen LogP contribution in [0.15, 0.2) is 61.1 Å². The van der Waals surface area contributed by atoms with Crippen LogP contribution in [0, 0.1) is 5.92 Å². The average Bonchev–Trinajstić information content (AvgIpc) is 2.95. The Morgan fingerprint density at radius 3 is 2.59 bits per heavy atom. The summed E-state index contributed by atoms with van der Waals surface area (Å²) in [5.41, 5.74) is 0.564. The lowest BCUT2D eigenvalue weighted by molar-refractivity contribution is -0.137. The average molecular weight is 572 g/mol. The predicted molar refractivity (Wildman–Crippen MR) is 145 cm³/mol. The van der Waals surface area contributed by atoms with E-state index in [4.69, 9.17) is 4.74 Å². The maximum absolute atomic E-state index is 13.6. The van der Waals surface area contributed by atoms with Gasteiger partial charge in [0.2, 0.25) is 0 Å². The summed E-state index contributed by atoms with van der Waals surface area (Å²) < 4.78 is 45.4. The van der Waals surface area contributed by atoms with E-state index in [0.29, 0.717) is 25.2 Å². The topological polar surface area (TPSA) is 108 Å². The van der Waals surface area contributed by atoms with Crippen LogP contribution < -0.4 is 10.1 Å². The molecule has 218 valence electrons. The number of carbonyl (C=O) groups excluding carboxylic acids is 2. The standard InChI is InChI=1S/C29H32F3N5O4/c1-18-14-37(19(2)17-38)28(40)22-5-4-6-23(35-27(39)24-13-33-11-12-34-24)26(22)41-25(18)16-36(3)15-20-7-9-21(10-8-20)29(30,31)32/h4-13,18-19,25,38H,14-17H2,1-3H3,(H,35,39)/t18-,19-,25+/m1/s1. The van der Waals surface area contributed by atoms with Gasteiger partial charge in [0.1, 0.15) is 11.8 Å². The summed E-state index contributed by atoms with van der Waals surface area (Å²) in [6.45, 7) is 4.46. The minimum absolute atomic E-state index is 0.0824. The van der Waals surface area contributed by atoms with Crippen LogP contribution >= 0.6 is 0 Å². The van der Waals surface area contributed by atoms with Gasteiger partial charge >= 0.3 is 6.18 Å². The highest BCUT2D eigenvalue weighted by Crippen LogP contribution is 2.35. The van der Waals surface area contributed by atoms with Gasteiger partial charge in [-0.1, -0.05) is 25.1 Å². The van der Waals surface area contributed by atoms with Crippen LogP contribution in [0.3, 0.4) is 0 Å². The van der Waals surface area contributed by atoms with E-state index < -0.39 is 29.8 Å². The van der Waals surface area contributed by atoms with E-state index in [2.05, 4.69) is 15.3 Å². The molecule has 0 fully saturated rings. The Morgan fingerprint density at radius 2 is 1.95 bits per heavy atom. The number of aliphatic hydroxyl groups is 1. The zero-order chi connectivity index (χ0) is 29.7. The summed E-state index contributed by atoms with van der Waals surface area (Å²) in [5.74, 6) is -0.904. The fourth-order valence-electron chi connectivity index (χ4n) is 4.64. The second-order valence-electron chi connectivity index (χ2n) is 10.2. The van der Waals surface area contributed by atoms with Crippen molar-refractivity contribution in [3.8, 4) is 5.75 Å². The first-order chi connectivity index (χ1) is 19.5. The lowest BCUT2D eigenvalue weighted by atomic mass is 9.98. The lowest BCUT2D eigenvalue weighted by Gasteiger charge is -2.38. The van der Waals surface area contributed by atoms with Crippen LogP contribution in [0.4, 0.5) is 18.9 Å². The number of hydrogen-bond acceptors (Lipinski definition) is 7. The Kier molecular flexibility index (Phi) is 9.24. The van der Waals surface area contributed by atoms with Crippen LogP contribution in [0.2, 0.25) is 0 Å². The number of nitrogens with one attached hydrogen (secondary N) is 1. The van der Waals surface area contributed by atoms with Crippen molar-refractivity contribution in [2.75, 3.05) is 32.1 Å². The molecule has 2 amide bonds. The van der Waals surface area contributed by atoms with Crippen LogP contribution in [0.1, 0.15) is 45.8 Å². The Morgan fingerprint density at radius 1 is 1.22 bits per heavy atom. The molecule has 12 heteroatoms. The fourth-order valence-corrected chi connectivity index (χ4v) is 4.64. The molecule has 0 saturated heterocycles. The smallest absolute Gasteiger partial charge is 0.416 e. The number of rotatable bonds is 8. The van der Waals surface area contributed by atoms with Gasteiger partial charge < -0.3 is 20.1 Å². The molecule has 1 aromatic heterocycles. The predicted octanol–water partition coefficient (Wildman–Crippen LogP) is 4.10. The van der Waals surface area contributed by atoms with Gasteiger partial charge in [0.15, 0.2) is 5.75 Å². The van der Waals surface area contributed by atoms with Crippen molar-refractivity contribution in [1.82, 2.24) is 19.8 Å². The molecule has 1 aliphatic rings. The Bertz CT molecular complexity index is 1350. The van der Waals surface area contributed by atoms with Gasteiger partial charge in [0.25, 0.3) is 11.8 Å². The number of hydrogen-bond donors (Lipinski definition) is 2. The molecule has 0 radical (unpaired) electrons. The third kappa shape index (κ3) is 7.19. The highest BCUT2D eigenvalue weighted by atomic mass is 19.4. The third-order valence-corrected chi connectivity index (χ3v) is 6.96. The number of amides is 2. The minimum Gasteiger partial charge on any atom is -0.486 e. The monoisotopic (exact) mass is 571 g/mol. The second kappa shape index (κ2) is 12.6. The Balaban J connectivity index is 1.63. The van der Waals surface area contributed by atoms with Gasteiger partial charge in [-0.2, -0.15) is 13.2 Å². The van der Waals surface area contributed by atoms with Gasteiger partial charge in [0.05, 0.1) is 35.7 Å². The molecule has 9 nitrogen and oxygen atoms in total. The summed E-state index contributed by atoms with van der Waals surface area (Å²) in [4.78, 5) is 38.0. The molecule has 0 aliphatic carbocycles. The van der Waals surface area contributed by atoms with Crippen molar-refractivity contribution in [3.63, 3.8) is 0 Å². The van der Waals surface area contributed by atoms with Gasteiger partial charge in [-0.25, -0.2) is 4.98 Å². The number of carbonyl (C=O) groups is 2. The molecule has 0 saturated carbocycles. The van der Waals surface area contributed by atoms with Crippen LogP contribution in [0.5, 0.6) is 5.75 Å². The summed E-state index contributed by atoms with van der Waals surface area (Å²) in [6, 6.07) is 9.38. The molecule has 1 aliphatic heterocycles. The summed E-state index contributed by atoms with van der Waals surface area (Å²) in [7, 11) is 1.83. The molecule has 3 atom stereocenters. The molecule has 2 heterocycles. The fraction of sp³-hybridized carbons (Fsp3) is 0.379. The van der Waals surface area contributed by atoms with Crippen LogP contribution in [-0.2, 0) is 12.7 Å². The van der Waals surface area contributed by atoms with E-state index in [-0.39, 0.29) is 41.1 Å². The summed E-state index contributed by atoms with van der Waals surface area (Å²) in [5, 5.41) is 12.6. The normalized spacial score (nSPS) is 18.2. The molecular formula is C29H32F3N5O4. The maximum Gasteiger partial charge on any atom is 0.416 e. The minimum atomic E-state index is -4.41. The van der Waals surface area contributed by atoms with E-state index in [1.54, 1.807) is 30.0 Å². The Hall–Kier alpha value is -4.03. The summed E-state index contributed by atoms with van der Waals surface area (Å²) >= 11 is 0. The highest BCUT2D eigenvalue weighted by Gasteiger charge is 2.35. The molecule has 0 bridgehead atoms. The van der Waals surface area contributed by atoms with Crippen LogP contribution in [-0.4, -0.2) is 75.6 Å². The lowest BCUT2D eigenvalue weighted by Crippen LogP contribution is -2.49. The number of fused-ring (bicyclic) bond motifs is 1. The zero-order valence-corrected chi connectivity index (χ0v) is 22.9. The van der Waals surface area contributed by atoms with E-state index in [9.17, 15) is 27.9 Å². The quantitative estimate of drug-likeness (QED) is 0.419. The van der Waals surface area contributed by atoms with Crippen molar-refractivity contribution < 1.29 is 32.6 Å². The summed E-state index contributed by atoms with van der Waals surface area (Å²) in [6.07, 6.45) is -0.734. The third-order valence-electron chi connectivity index (χ3n) is 6.96. The number of anilines is 1. The van der Waals surface area contributed by atoms with E-state index in [0.717, 1.165) is 12.1 Å². The molecule has 4 rings (SSSR count). The van der Waals surface area contributed by atoms with Gasteiger partial charge in [0, 0.05) is 37.9 Å². The zero-order valence-electron chi connectivity index (χ0n) is 22.9. The second-order valence-corrected chi connectivity index (χ2v) is 10.2. The highest BCUT2D eigenvalue weighted by molar-refractivity contribution is 6.06. The maximum atomic E-state index is 13.6. The van der Waals surface area contributed by atoms with Gasteiger partial charge in [-0.3, -0.25) is 19.5 Å². The van der Waals surface area contributed by atoms with E-state index in [1.165, 1.54) is 30.7 Å². The number of ether oxygens (including phenoxy) is 1. The van der Waals surface area contributed by atoms with Crippen molar-refractivity contribution in [2.45, 2.75) is 38.7 Å². The largest absolute Gasteiger partial charge is 0.486 e. The molecule has 0 unspecified atom stereocenters. The first-order valence-electron chi connectivity index (χ1n) is 13.1.